The van der Waals surface area contributed by atoms with Gasteiger partial charge in [0.05, 0.1) is 6.61 Å². The molecule has 0 fully saturated rings. The summed E-state index contributed by atoms with van der Waals surface area (Å²) in [4.78, 5) is 11.1. The number of ether oxygens (including phenoxy) is 3. The summed E-state index contributed by atoms with van der Waals surface area (Å²) in [6, 6.07) is 9.74. The standard InChI is InChI=1S/C15H19NO4/c1-18-14(12-8-5-9-19-12)13(20-15(16)17)10-11-6-3-2-4-7-11/h2-8,12-14H,9-10H2,1H3,(H2,16,17). The quantitative estimate of drug-likeness (QED) is 0.803. The Bertz CT molecular complexity index is 460. The third-order valence-corrected chi connectivity index (χ3v) is 3.22. The Labute approximate surface area is 118 Å². The number of rotatable bonds is 6. The topological polar surface area (TPSA) is 70.8 Å². The largest absolute Gasteiger partial charge is 0.443 e. The van der Waals surface area contributed by atoms with Crippen LogP contribution >= 0.6 is 0 Å². The molecule has 0 aromatic heterocycles. The number of amides is 1. The molecule has 1 aromatic carbocycles. The summed E-state index contributed by atoms with van der Waals surface area (Å²) in [5.74, 6) is 0. The van der Waals surface area contributed by atoms with Crippen LogP contribution in [0.3, 0.4) is 0 Å². The minimum Gasteiger partial charge on any atom is -0.443 e. The van der Waals surface area contributed by atoms with Crippen LogP contribution in [0, 0.1) is 0 Å². The molecule has 3 unspecified atom stereocenters. The van der Waals surface area contributed by atoms with E-state index in [1.807, 2.05) is 42.5 Å². The summed E-state index contributed by atoms with van der Waals surface area (Å²) in [7, 11) is 1.57. The summed E-state index contributed by atoms with van der Waals surface area (Å²) in [6.45, 7) is 0.541. The summed E-state index contributed by atoms with van der Waals surface area (Å²) < 4.78 is 16.2. The monoisotopic (exact) mass is 277 g/mol. The van der Waals surface area contributed by atoms with Crippen LogP contribution in [-0.4, -0.2) is 38.1 Å². The molecule has 1 aromatic rings. The number of carbonyl (C=O) groups excluding carboxylic acids is 1. The molecule has 0 bridgehead atoms. The van der Waals surface area contributed by atoms with Gasteiger partial charge in [-0.1, -0.05) is 42.5 Å². The second-order valence-electron chi connectivity index (χ2n) is 4.59. The normalized spacial score (nSPS) is 20.6. The zero-order valence-corrected chi connectivity index (χ0v) is 11.4. The lowest BCUT2D eigenvalue weighted by Crippen LogP contribution is -2.43. The maximum atomic E-state index is 11.1. The number of nitrogens with two attached hydrogens (primary N) is 1. The fourth-order valence-corrected chi connectivity index (χ4v) is 2.33. The van der Waals surface area contributed by atoms with E-state index in [0.29, 0.717) is 13.0 Å². The third kappa shape index (κ3) is 3.82. The van der Waals surface area contributed by atoms with Crippen molar-refractivity contribution in [1.82, 2.24) is 0 Å². The fourth-order valence-electron chi connectivity index (χ4n) is 2.33. The van der Waals surface area contributed by atoms with E-state index in [1.165, 1.54) is 0 Å². The molecular weight excluding hydrogens is 258 g/mol. The molecule has 0 saturated carbocycles. The minimum atomic E-state index is -0.810. The number of methoxy groups -OCH3 is 1. The Morgan fingerprint density at radius 1 is 1.45 bits per heavy atom. The highest BCUT2D eigenvalue weighted by Crippen LogP contribution is 2.19. The molecule has 20 heavy (non-hydrogen) atoms. The van der Waals surface area contributed by atoms with Crippen LogP contribution in [0.25, 0.3) is 0 Å². The van der Waals surface area contributed by atoms with E-state index in [-0.39, 0.29) is 12.2 Å². The lowest BCUT2D eigenvalue weighted by molar-refractivity contribution is -0.0801. The van der Waals surface area contributed by atoms with Crippen molar-refractivity contribution in [1.29, 1.82) is 0 Å². The van der Waals surface area contributed by atoms with Crippen molar-refractivity contribution >= 4 is 6.09 Å². The Kier molecular flexibility index (Phi) is 5.15. The van der Waals surface area contributed by atoms with Crippen molar-refractivity contribution in [3.05, 3.63) is 48.0 Å². The van der Waals surface area contributed by atoms with E-state index < -0.39 is 12.2 Å². The number of hydrogen-bond acceptors (Lipinski definition) is 4. The Morgan fingerprint density at radius 2 is 2.20 bits per heavy atom. The van der Waals surface area contributed by atoms with Gasteiger partial charge in [-0.25, -0.2) is 4.79 Å². The number of hydrogen-bond donors (Lipinski definition) is 1. The molecule has 0 saturated heterocycles. The van der Waals surface area contributed by atoms with Gasteiger partial charge >= 0.3 is 6.09 Å². The minimum absolute atomic E-state index is 0.229. The highest BCUT2D eigenvalue weighted by Gasteiger charge is 2.33. The van der Waals surface area contributed by atoms with Gasteiger partial charge in [-0.15, -0.1) is 0 Å². The van der Waals surface area contributed by atoms with Crippen LogP contribution in [0.4, 0.5) is 4.79 Å². The van der Waals surface area contributed by atoms with E-state index >= 15 is 0 Å². The Hall–Kier alpha value is -1.85. The molecule has 1 aliphatic heterocycles. The van der Waals surface area contributed by atoms with Crippen molar-refractivity contribution in [2.75, 3.05) is 13.7 Å². The highest BCUT2D eigenvalue weighted by molar-refractivity contribution is 5.64. The Balaban J connectivity index is 2.12. The van der Waals surface area contributed by atoms with Gasteiger partial charge < -0.3 is 19.9 Å². The second-order valence-corrected chi connectivity index (χ2v) is 4.59. The van der Waals surface area contributed by atoms with Crippen molar-refractivity contribution in [2.24, 2.45) is 5.73 Å². The van der Waals surface area contributed by atoms with Crippen molar-refractivity contribution in [2.45, 2.75) is 24.7 Å². The lowest BCUT2D eigenvalue weighted by atomic mass is 10.00. The predicted molar refractivity (Wildman–Crippen MR) is 74.3 cm³/mol. The van der Waals surface area contributed by atoms with E-state index in [2.05, 4.69) is 0 Å². The second kappa shape index (κ2) is 7.07. The molecule has 0 spiro atoms. The van der Waals surface area contributed by atoms with Gasteiger partial charge in [0.25, 0.3) is 0 Å². The zero-order chi connectivity index (χ0) is 14.4. The molecule has 1 heterocycles. The van der Waals surface area contributed by atoms with E-state index in [0.717, 1.165) is 5.56 Å². The molecule has 3 atom stereocenters. The van der Waals surface area contributed by atoms with Gasteiger partial charge in [-0.3, -0.25) is 0 Å². The molecule has 1 aliphatic rings. The molecule has 5 heteroatoms. The van der Waals surface area contributed by atoms with Gasteiger partial charge in [-0.2, -0.15) is 0 Å². The molecule has 108 valence electrons. The van der Waals surface area contributed by atoms with E-state index in [9.17, 15) is 4.79 Å². The summed E-state index contributed by atoms with van der Waals surface area (Å²) in [5.41, 5.74) is 6.21. The summed E-state index contributed by atoms with van der Waals surface area (Å²) in [6.07, 6.45) is 2.43. The van der Waals surface area contributed by atoms with Crippen LogP contribution in [0.1, 0.15) is 5.56 Å². The molecule has 5 nitrogen and oxygen atoms in total. The van der Waals surface area contributed by atoms with Crippen molar-refractivity contribution in [3.63, 3.8) is 0 Å². The third-order valence-electron chi connectivity index (χ3n) is 3.22. The van der Waals surface area contributed by atoms with Gasteiger partial charge in [0.1, 0.15) is 18.3 Å². The molecule has 1 amide bonds. The fraction of sp³-hybridized carbons (Fsp3) is 0.400. The van der Waals surface area contributed by atoms with Crippen LogP contribution in [-0.2, 0) is 20.6 Å². The highest BCUT2D eigenvalue weighted by atomic mass is 16.6. The van der Waals surface area contributed by atoms with Crippen molar-refractivity contribution < 1.29 is 19.0 Å². The first kappa shape index (κ1) is 14.6. The molecule has 0 aliphatic carbocycles. The Morgan fingerprint density at radius 3 is 2.75 bits per heavy atom. The van der Waals surface area contributed by atoms with Gasteiger partial charge in [-0.05, 0) is 5.56 Å². The average Bonchev–Trinajstić information content (AvgIpc) is 2.94. The van der Waals surface area contributed by atoms with Crippen LogP contribution in [0.2, 0.25) is 0 Å². The molecular formula is C15H19NO4. The molecule has 2 N–H and O–H groups in total. The van der Waals surface area contributed by atoms with Crippen LogP contribution in [0.5, 0.6) is 0 Å². The SMILES string of the molecule is COC(C1C=CCO1)C(Cc1ccccc1)OC(N)=O. The zero-order valence-electron chi connectivity index (χ0n) is 11.4. The van der Waals surface area contributed by atoms with Gasteiger partial charge in [0.15, 0.2) is 0 Å². The smallest absolute Gasteiger partial charge is 0.404 e. The number of benzene rings is 1. The summed E-state index contributed by atoms with van der Waals surface area (Å²) >= 11 is 0. The van der Waals surface area contributed by atoms with Gasteiger partial charge in [0.2, 0.25) is 0 Å². The molecule has 0 radical (unpaired) electrons. The first-order chi connectivity index (χ1) is 9.70. The first-order valence-corrected chi connectivity index (χ1v) is 6.52. The van der Waals surface area contributed by atoms with Crippen molar-refractivity contribution in [3.8, 4) is 0 Å². The van der Waals surface area contributed by atoms with Gasteiger partial charge in [0, 0.05) is 13.5 Å². The molecule has 2 rings (SSSR count). The number of primary amides is 1. The first-order valence-electron chi connectivity index (χ1n) is 6.52. The van der Waals surface area contributed by atoms with Crippen LogP contribution < -0.4 is 5.73 Å². The van der Waals surface area contributed by atoms with E-state index in [4.69, 9.17) is 19.9 Å². The number of carbonyl (C=O) groups is 1. The van der Waals surface area contributed by atoms with E-state index in [1.54, 1.807) is 7.11 Å². The van der Waals surface area contributed by atoms with Crippen LogP contribution in [0.15, 0.2) is 42.5 Å². The predicted octanol–water partition coefficient (Wildman–Crippen LogP) is 1.66. The average molecular weight is 277 g/mol. The lowest BCUT2D eigenvalue weighted by Gasteiger charge is -2.28. The maximum absolute atomic E-state index is 11.1. The maximum Gasteiger partial charge on any atom is 0.404 e. The summed E-state index contributed by atoms with van der Waals surface area (Å²) in [5, 5.41) is 0.